The smallest absolute Gasteiger partial charge is 0.332 e. The molecule has 1 amide bonds. The average Bonchev–Trinajstić information content (AvgIpc) is 3.59. The van der Waals surface area contributed by atoms with Crippen LogP contribution in [0.2, 0.25) is 0 Å². The Morgan fingerprint density at radius 3 is 2.31 bits per heavy atom. The highest BCUT2D eigenvalue weighted by Gasteiger charge is 2.35. The zero-order chi connectivity index (χ0) is 22.6. The van der Waals surface area contributed by atoms with Gasteiger partial charge in [-0.3, -0.25) is 23.3 Å². The lowest BCUT2D eigenvalue weighted by molar-refractivity contribution is -0.132. The number of aromatic nitrogens is 4. The zero-order valence-electron chi connectivity index (χ0n) is 18.1. The van der Waals surface area contributed by atoms with Crippen LogP contribution >= 0.6 is 0 Å². The number of hydrogen-bond acceptors (Lipinski definition) is 5. The lowest BCUT2D eigenvalue weighted by atomic mass is 10.2. The van der Waals surface area contributed by atoms with Gasteiger partial charge in [0.05, 0.1) is 6.54 Å². The second-order valence-corrected chi connectivity index (χ2v) is 8.59. The molecular formula is C22H25FN6O3. The number of anilines is 1. The number of nitrogens with zero attached hydrogens (tertiary/aromatic N) is 6. The number of rotatable bonds is 4. The predicted molar refractivity (Wildman–Crippen MR) is 117 cm³/mol. The van der Waals surface area contributed by atoms with Gasteiger partial charge in [-0.1, -0.05) is 12.1 Å². The summed E-state index contributed by atoms with van der Waals surface area (Å²) in [4.78, 5) is 46.6. The number of fused-ring (bicyclic) bond motifs is 1. The summed E-state index contributed by atoms with van der Waals surface area (Å²) in [5.41, 5.74) is 0.578. The largest absolute Gasteiger partial charge is 0.339 e. The first-order chi connectivity index (χ1) is 15.3. The second-order valence-electron chi connectivity index (χ2n) is 8.59. The topological polar surface area (TPSA) is 85.4 Å². The van der Waals surface area contributed by atoms with Gasteiger partial charge in [0.1, 0.15) is 5.82 Å². The van der Waals surface area contributed by atoms with E-state index < -0.39 is 11.2 Å². The van der Waals surface area contributed by atoms with Gasteiger partial charge in [-0.15, -0.1) is 0 Å². The number of carbonyl (C=O) groups excluding carboxylic acids is 1. The van der Waals surface area contributed by atoms with E-state index >= 15 is 0 Å². The standard InChI is InChI=1S/C22H25FN6O3/c1-25-18-17(20(31)26(2)22(25)32)29(13-14-3-7-16(23)8-4-14)21(24-18)28-11-9-27(10-12-28)19(30)15-5-6-15/h3-4,7-8,15H,5-6,9-13H2,1-2H3. The van der Waals surface area contributed by atoms with Crippen molar-refractivity contribution < 1.29 is 9.18 Å². The van der Waals surface area contributed by atoms with Crippen molar-refractivity contribution in [2.75, 3.05) is 31.1 Å². The molecule has 0 unspecified atom stereocenters. The van der Waals surface area contributed by atoms with Gasteiger partial charge in [-0.25, -0.2) is 9.18 Å². The molecule has 9 nitrogen and oxygen atoms in total. The summed E-state index contributed by atoms with van der Waals surface area (Å²) in [7, 11) is 3.04. The molecule has 0 bridgehead atoms. The number of aryl methyl sites for hydroxylation is 1. The molecule has 0 radical (unpaired) electrons. The van der Waals surface area contributed by atoms with Gasteiger partial charge in [0, 0.05) is 46.2 Å². The second kappa shape index (κ2) is 7.61. The van der Waals surface area contributed by atoms with Gasteiger partial charge in [0.15, 0.2) is 11.2 Å². The molecule has 2 aromatic heterocycles. The molecule has 1 aliphatic heterocycles. The van der Waals surface area contributed by atoms with Crippen LogP contribution in [0, 0.1) is 11.7 Å². The average molecular weight is 440 g/mol. The van der Waals surface area contributed by atoms with E-state index in [0.29, 0.717) is 49.8 Å². The quantitative estimate of drug-likeness (QED) is 0.596. The maximum Gasteiger partial charge on any atom is 0.332 e. The van der Waals surface area contributed by atoms with E-state index in [1.54, 1.807) is 23.7 Å². The molecule has 1 saturated carbocycles. The van der Waals surface area contributed by atoms with E-state index in [2.05, 4.69) is 0 Å². The Morgan fingerprint density at radius 1 is 1.03 bits per heavy atom. The maximum atomic E-state index is 13.4. The highest BCUT2D eigenvalue weighted by atomic mass is 19.1. The van der Waals surface area contributed by atoms with Crippen LogP contribution in [-0.2, 0) is 25.4 Å². The van der Waals surface area contributed by atoms with Crippen LogP contribution in [0.25, 0.3) is 11.2 Å². The van der Waals surface area contributed by atoms with E-state index in [9.17, 15) is 18.8 Å². The van der Waals surface area contributed by atoms with Crippen molar-refractivity contribution >= 4 is 23.0 Å². The van der Waals surface area contributed by atoms with Crippen molar-refractivity contribution in [2.24, 2.45) is 20.0 Å². The van der Waals surface area contributed by atoms with Gasteiger partial charge in [0.2, 0.25) is 11.9 Å². The van der Waals surface area contributed by atoms with Crippen molar-refractivity contribution in [3.8, 4) is 0 Å². The molecule has 0 spiro atoms. The summed E-state index contributed by atoms with van der Waals surface area (Å²) in [6.07, 6.45) is 1.95. The number of halogens is 1. The molecule has 0 N–H and O–H groups in total. The molecule has 2 aliphatic rings. The summed E-state index contributed by atoms with van der Waals surface area (Å²) in [6.45, 7) is 2.65. The van der Waals surface area contributed by atoms with E-state index in [4.69, 9.17) is 4.98 Å². The Hall–Kier alpha value is -3.43. The van der Waals surface area contributed by atoms with Crippen LogP contribution in [0.4, 0.5) is 10.3 Å². The molecule has 5 rings (SSSR count). The Kier molecular flexibility index (Phi) is 4.87. The van der Waals surface area contributed by atoms with Crippen LogP contribution < -0.4 is 16.1 Å². The molecule has 1 saturated heterocycles. The van der Waals surface area contributed by atoms with Crippen molar-refractivity contribution in [1.29, 1.82) is 0 Å². The van der Waals surface area contributed by atoms with Crippen molar-refractivity contribution in [1.82, 2.24) is 23.6 Å². The first-order valence-corrected chi connectivity index (χ1v) is 10.8. The molecule has 168 valence electrons. The van der Waals surface area contributed by atoms with Gasteiger partial charge < -0.3 is 9.80 Å². The van der Waals surface area contributed by atoms with Crippen LogP contribution in [0.1, 0.15) is 18.4 Å². The van der Waals surface area contributed by atoms with Crippen LogP contribution in [0.15, 0.2) is 33.9 Å². The van der Waals surface area contributed by atoms with Gasteiger partial charge >= 0.3 is 5.69 Å². The molecule has 2 fully saturated rings. The Bertz CT molecular complexity index is 1310. The minimum atomic E-state index is -0.444. The SMILES string of the molecule is Cn1c(=O)c2c(nc(N3CCN(C(=O)C4CC4)CC3)n2Cc2ccc(F)cc2)n(C)c1=O. The lowest BCUT2D eigenvalue weighted by Gasteiger charge is -2.35. The molecule has 3 aromatic rings. The summed E-state index contributed by atoms with van der Waals surface area (Å²) in [5.74, 6) is 0.642. The fourth-order valence-corrected chi connectivity index (χ4v) is 4.31. The molecule has 1 aliphatic carbocycles. The Morgan fingerprint density at radius 2 is 1.69 bits per heavy atom. The first-order valence-electron chi connectivity index (χ1n) is 10.8. The molecule has 32 heavy (non-hydrogen) atoms. The predicted octanol–water partition coefficient (Wildman–Crippen LogP) is 0.680. The van der Waals surface area contributed by atoms with E-state index in [1.807, 2.05) is 9.80 Å². The third-order valence-electron chi connectivity index (χ3n) is 6.38. The minimum Gasteiger partial charge on any atom is -0.339 e. The molecular weight excluding hydrogens is 415 g/mol. The van der Waals surface area contributed by atoms with Gasteiger partial charge in [-0.05, 0) is 30.5 Å². The number of piperazine rings is 1. The fourth-order valence-electron chi connectivity index (χ4n) is 4.31. The summed E-state index contributed by atoms with van der Waals surface area (Å²) < 4.78 is 17.6. The summed E-state index contributed by atoms with van der Waals surface area (Å²) >= 11 is 0. The van der Waals surface area contributed by atoms with Crippen LogP contribution in [-0.4, -0.2) is 55.7 Å². The van der Waals surface area contributed by atoms with Crippen LogP contribution in [0.3, 0.4) is 0 Å². The highest BCUT2D eigenvalue weighted by Crippen LogP contribution is 2.31. The summed E-state index contributed by atoms with van der Waals surface area (Å²) in [6, 6.07) is 6.10. The third kappa shape index (κ3) is 3.39. The number of amides is 1. The van der Waals surface area contributed by atoms with E-state index in [-0.39, 0.29) is 17.6 Å². The zero-order valence-corrected chi connectivity index (χ0v) is 18.1. The van der Waals surface area contributed by atoms with Crippen molar-refractivity contribution in [2.45, 2.75) is 19.4 Å². The maximum absolute atomic E-state index is 13.4. The summed E-state index contributed by atoms with van der Waals surface area (Å²) in [5, 5.41) is 0. The van der Waals surface area contributed by atoms with E-state index in [1.165, 1.54) is 23.7 Å². The number of hydrogen-bond donors (Lipinski definition) is 0. The normalized spacial score (nSPS) is 16.7. The van der Waals surface area contributed by atoms with Gasteiger partial charge in [0.25, 0.3) is 5.56 Å². The Labute approximate surface area is 183 Å². The lowest BCUT2D eigenvalue weighted by Crippen LogP contribution is -2.50. The van der Waals surface area contributed by atoms with Gasteiger partial charge in [-0.2, -0.15) is 4.98 Å². The molecule has 1 aromatic carbocycles. The first kappa shape index (κ1) is 20.5. The Balaban J connectivity index is 1.56. The highest BCUT2D eigenvalue weighted by molar-refractivity contribution is 5.81. The molecule has 0 atom stereocenters. The third-order valence-corrected chi connectivity index (χ3v) is 6.38. The number of imidazole rings is 1. The fraction of sp³-hybridized carbons (Fsp3) is 0.455. The van der Waals surface area contributed by atoms with Crippen molar-refractivity contribution in [3.63, 3.8) is 0 Å². The van der Waals surface area contributed by atoms with Crippen LogP contribution in [0.5, 0.6) is 0 Å². The minimum absolute atomic E-state index is 0.183. The van der Waals surface area contributed by atoms with Crippen molar-refractivity contribution in [3.05, 3.63) is 56.5 Å². The number of benzene rings is 1. The number of carbonyl (C=O) groups is 1. The van der Waals surface area contributed by atoms with E-state index in [0.717, 1.165) is 23.0 Å². The monoisotopic (exact) mass is 440 g/mol. The molecule has 3 heterocycles. The molecule has 10 heteroatoms.